The van der Waals surface area contributed by atoms with E-state index in [4.69, 9.17) is 4.74 Å². The maximum atomic E-state index is 12.7. The molecule has 8 heteroatoms. The van der Waals surface area contributed by atoms with Crippen molar-refractivity contribution in [2.75, 3.05) is 23.5 Å². The van der Waals surface area contributed by atoms with E-state index in [0.29, 0.717) is 5.17 Å². The number of thioether (sulfide) groups is 1. The first-order valence-corrected chi connectivity index (χ1v) is 12.0. The molecule has 0 bridgehead atoms. The second-order valence-electron chi connectivity index (χ2n) is 7.27. The summed E-state index contributed by atoms with van der Waals surface area (Å²) in [5.74, 6) is 0.693. The molecule has 0 aliphatic carbocycles. The van der Waals surface area contributed by atoms with Crippen LogP contribution in [-0.4, -0.2) is 49.4 Å². The Bertz CT molecular complexity index is 1060. The number of rotatable bonds is 4. The van der Waals surface area contributed by atoms with Gasteiger partial charge in [-0.05, 0) is 36.2 Å². The van der Waals surface area contributed by atoms with Crippen LogP contribution in [0.15, 0.2) is 53.5 Å². The van der Waals surface area contributed by atoms with Gasteiger partial charge in [0.2, 0.25) is 0 Å². The van der Waals surface area contributed by atoms with Crippen LogP contribution in [0.3, 0.4) is 0 Å². The summed E-state index contributed by atoms with van der Waals surface area (Å²) < 4.78 is 29.5. The van der Waals surface area contributed by atoms with Gasteiger partial charge in [-0.1, -0.05) is 42.1 Å². The van der Waals surface area contributed by atoms with E-state index in [9.17, 15) is 13.2 Å². The number of hydrogen-bond donors (Lipinski definition) is 0. The van der Waals surface area contributed by atoms with Crippen LogP contribution in [0.4, 0.5) is 5.69 Å². The Morgan fingerprint density at radius 1 is 1.17 bits per heavy atom. The number of carbonyl (C=O) groups is 1. The van der Waals surface area contributed by atoms with E-state index in [-0.39, 0.29) is 35.1 Å². The van der Waals surface area contributed by atoms with E-state index in [0.717, 1.165) is 22.6 Å². The van der Waals surface area contributed by atoms with Crippen LogP contribution in [-0.2, 0) is 21.1 Å². The van der Waals surface area contributed by atoms with Crippen molar-refractivity contribution in [1.29, 1.82) is 0 Å². The highest BCUT2D eigenvalue weighted by atomic mass is 32.2. The molecule has 29 heavy (non-hydrogen) atoms. The predicted octanol–water partition coefficient (Wildman–Crippen LogP) is 2.85. The monoisotopic (exact) mass is 430 g/mol. The first-order valence-electron chi connectivity index (χ1n) is 9.33. The van der Waals surface area contributed by atoms with Crippen molar-refractivity contribution in [2.24, 2.45) is 4.99 Å². The van der Waals surface area contributed by atoms with Crippen molar-refractivity contribution in [3.63, 3.8) is 0 Å². The zero-order valence-electron chi connectivity index (χ0n) is 16.2. The maximum Gasteiger partial charge on any atom is 0.252 e. The normalized spacial score (nSPS) is 23.9. The van der Waals surface area contributed by atoms with Gasteiger partial charge in [-0.15, -0.1) is 0 Å². The summed E-state index contributed by atoms with van der Waals surface area (Å²) in [5.41, 5.74) is 2.78. The van der Waals surface area contributed by atoms with Crippen molar-refractivity contribution in [1.82, 2.24) is 0 Å². The second kappa shape index (κ2) is 7.84. The fourth-order valence-corrected chi connectivity index (χ4v) is 7.67. The molecule has 6 nitrogen and oxygen atoms in total. The van der Waals surface area contributed by atoms with Gasteiger partial charge in [-0.3, -0.25) is 4.79 Å². The highest BCUT2D eigenvalue weighted by molar-refractivity contribution is 8.16. The predicted molar refractivity (Wildman–Crippen MR) is 117 cm³/mol. The summed E-state index contributed by atoms with van der Waals surface area (Å²) >= 11 is 1.40. The van der Waals surface area contributed by atoms with Crippen LogP contribution in [0.2, 0.25) is 0 Å². The van der Waals surface area contributed by atoms with Gasteiger partial charge >= 0.3 is 0 Å². The number of anilines is 1. The quantitative estimate of drug-likeness (QED) is 0.743. The molecule has 1 amide bonds. The first kappa shape index (κ1) is 20.0. The number of ether oxygens (including phenoxy) is 1. The number of para-hydroxylation sites is 1. The molecule has 2 fully saturated rings. The molecule has 2 saturated heterocycles. The molecule has 0 N–H and O–H groups in total. The maximum absolute atomic E-state index is 12.7. The zero-order valence-corrected chi connectivity index (χ0v) is 17.9. The fourth-order valence-electron chi connectivity index (χ4n) is 3.74. The average molecular weight is 431 g/mol. The van der Waals surface area contributed by atoms with Gasteiger partial charge in [-0.2, -0.15) is 4.99 Å². The van der Waals surface area contributed by atoms with Gasteiger partial charge in [0.1, 0.15) is 5.75 Å². The molecule has 0 saturated carbocycles. The fraction of sp³-hybridized carbons (Fsp3) is 0.333. The average Bonchev–Trinajstić information content (AvgIpc) is 3.13. The SMILES string of the molecule is COc1ccc(CC(=O)N=C2SC3CS(=O)(=O)CC3N2c2ccccc2C)cc1. The van der Waals surface area contributed by atoms with Gasteiger partial charge in [-0.25, -0.2) is 8.42 Å². The minimum absolute atomic E-state index is 0.0880. The van der Waals surface area contributed by atoms with Gasteiger partial charge < -0.3 is 9.64 Å². The lowest BCUT2D eigenvalue weighted by Gasteiger charge is -2.26. The Morgan fingerprint density at radius 2 is 1.90 bits per heavy atom. The largest absolute Gasteiger partial charge is 0.497 e. The van der Waals surface area contributed by atoms with Crippen molar-refractivity contribution >= 4 is 38.4 Å². The van der Waals surface area contributed by atoms with Crippen molar-refractivity contribution in [3.05, 3.63) is 59.7 Å². The third kappa shape index (κ3) is 4.18. The lowest BCUT2D eigenvalue weighted by molar-refractivity contribution is -0.117. The number of fused-ring (bicyclic) bond motifs is 1. The number of hydrogen-bond acceptors (Lipinski definition) is 5. The number of methoxy groups -OCH3 is 1. The molecule has 2 unspecified atom stereocenters. The molecule has 2 aromatic carbocycles. The summed E-state index contributed by atoms with van der Waals surface area (Å²) in [7, 11) is -1.48. The summed E-state index contributed by atoms with van der Waals surface area (Å²) in [4.78, 5) is 19.0. The summed E-state index contributed by atoms with van der Waals surface area (Å²) in [6.07, 6.45) is 0.184. The van der Waals surface area contributed by atoms with Crippen LogP contribution in [0, 0.1) is 6.92 Å². The molecule has 2 aromatic rings. The molecular weight excluding hydrogens is 408 g/mol. The third-order valence-corrected chi connectivity index (χ3v) is 8.39. The molecule has 2 atom stereocenters. The number of amides is 1. The van der Waals surface area contributed by atoms with Crippen LogP contribution in [0.5, 0.6) is 5.75 Å². The van der Waals surface area contributed by atoms with Gasteiger partial charge in [0.05, 0.1) is 31.1 Å². The lowest BCUT2D eigenvalue weighted by atomic mass is 10.1. The minimum atomic E-state index is -3.08. The van der Waals surface area contributed by atoms with Gasteiger partial charge in [0, 0.05) is 10.9 Å². The molecule has 4 rings (SSSR count). The second-order valence-corrected chi connectivity index (χ2v) is 10.6. The van der Waals surface area contributed by atoms with Crippen LogP contribution >= 0.6 is 11.8 Å². The lowest BCUT2D eigenvalue weighted by Crippen LogP contribution is -2.38. The molecule has 2 aliphatic rings. The smallest absolute Gasteiger partial charge is 0.252 e. The Kier molecular flexibility index (Phi) is 5.40. The number of sulfone groups is 1. The molecule has 2 heterocycles. The van der Waals surface area contributed by atoms with Gasteiger partial charge in [0.25, 0.3) is 5.91 Å². The third-order valence-electron chi connectivity index (χ3n) is 5.18. The van der Waals surface area contributed by atoms with E-state index in [2.05, 4.69) is 4.99 Å². The molecular formula is C21H22N2O4S2. The van der Waals surface area contributed by atoms with Crippen molar-refractivity contribution in [3.8, 4) is 5.75 Å². The number of benzene rings is 2. The Labute approximate surface area is 174 Å². The summed E-state index contributed by atoms with van der Waals surface area (Å²) in [6.45, 7) is 1.98. The standard InChI is InChI=1S/C21H22N2O4S2/c1-14-5-3-4-6-17(14)23-18-12-29(25,26)13-19(18)28-21(23)22-20(24)11-15-7-9-16(27-2)10-8-15/h3-10,18-19H,11-13H2,1-2H3. The molecule has 152 valence electrons. The zero-order chi connectivity index (χ0) is 20.6. The van der Waals surface area contributed by atoms with Crippen LogP contribution in [0.25, 0.3) is 0 Å². The highest BCUT2D eigenvalue weighted by Gasteiger charge is 2.49. The first-order chi connectivity index (χ1) is 13.9. The highest BCUT2D eigenvalue weighted by Crippen LogP contribution is 2.41. The number of amidine groups is 1. The van der Waals surface area contributed by atoms with Crippen LogP contribution < -0.4 is 9.64 Å². The van der Waals surface area contributed by atoms with E-state index in [1.165, 1.54) is 11.8 Å². The Balaban J connectivity index is 1.62. The van der Waals surface area contributed by atoms with Crippen molar-refractivity contribution in [2.45, 2.75) is 24.6 Å². The van der Waals surface area contributed by atoms with E-state index in [1.807, 2.05) is 60.4 Å². The molecule has 0 aromatic heterocycles. The minimum Gasteiger partial charge on any atom is -0.497 e. The molecule has 0 radical (unpaired) electrons. The summed E-state index contributed by atoms with van der Waals surface area (Å²) in [5, 5.41) is 0.481. The van der Waals surface area contributed by atoms with E-state index in [1.54, 1.807) is 7.11 Å². The summed E-state index contributed by atoms with van der Waals surface area (Å²) in [6, 6.07) is 14.9. The molecule has 0 spiro atoms. The van der Waals surface area contributed by atoms with Gasteiger partial charge in [0.15, 0.2) is 15.0 Å². The Hall–Kier alpha value is -2.32. The number of carbonyl (C=O) groups excluding carboxylic acids is 1. The number of aliphatic imine (C=N–C) groups is 1. The van der Waals surface area contributed by atoms with Crippen LogP contribution in [0.1, 0.15) is 11.1 Å². The molecule has 2 aliphatic heterocycles. The topological polar surface area (TPSA) is 76.0 Å². The number of aryl methyl sites for hydroxylation is 1. The Morgan fingerprint density at radius 3 is 2.59 bits per heavy atom. The van der Waals surface area contributed by atoms with Crippen molar-refractivity contribution < 1.29 is 17.9 Å². The van der Waals surface area contributed by atoms with E-state index >= 15 is 0 Å². The van der Waals surface area contributed by atoms with E-state index < -0.39 is 9.84 Å². The number of nitrogens with zero attached hydrogens (tertiary/aromatic N) is 2.